The second-order valence-electron chi connectivity index (χ2n) is 4.00. The summed E-state index contributed by atoms with van der Waals surface area (Å²) in [5, 5.41) is 3.05. The van der Waals surface area contributed by atoms with Gasteiger partial charge in [-0.1, -0.05) is 0 Å². The third-order valence-electron chi connectivity index (χ3n) is 2.48. The van der Waals surface area contributed by atoms with Crippen LogP contribution in [0.25, 0.3) is 0 Å². The highest BCUT2D eigenvalue weighted by Gasteiger charge is 2.02. The average Bonchev–Trinajstić information content (AvgIpc) is 2.64. The molecule has 0 fully saturated rings. The first-order valence-corrected chi connectivity index (χ1v) is 5.41. The molecular formula is C13H14F2N2. The van der Waals surface area contributed by atoms with Crippen molar-refractivity contribution < 1.29 is 8.78 Å². The van der Waals surface area contributed by atoms with Crippen LogP contribution >= 0.6 is 0 Å². The lowest BCUT2D eigenvalue weighted by Gasteiger charge is -2.04. The SMILES string of the molecule is CNCc1ccn(Cc2cc(F)cc(F)c2)c1. The van der Waals surface area contributed by atoms with E-state index < -0.39 is 11.6 Å². The van der Waals surface area contributed by atoms with Gasteiger partial charge in [-0.3, -0.25) is 0 Å². The highest BCUT2D eigenvalue weighted by Crippen LogP contribution is 2.10. The van der Waals surface area contributed by atoms with Gasteiger partial charge in [-0.2, -0.15) is 0 Å². The molecule has 0 radical (unpaired) electrons. The normalized spacial score (nSPS) is 10.8. The van der Waals surface area contributed by atoms with E-state index in [-0.39, 0.29) is 0 Å². The maximum Gasteiger partial charge on any atom is 0.126 e. The molecule has 0 atom stereocenters. The van der Waals surface area contributed by atoms with Crippen LogP contribution in [-0.2, 0) is 13.1 Å². The van der Waals surface area contributed by atoms with Gasteiger partial charge in [-0.25, -0.2) is 8.78 Å². The molecule has 1 aromatic heterocycles. The summed E-state index contributed by atoms with van der Waals surface area (Å²) in [6, 6.07) is 5.55. The number of aromatic nitrogens is 1. The molecule has 0 aliphatic heterocycles. The van der Waals surface area contributed by atoms with E-state index in [4.69, 9.17) is 0 Å². The number of benzene rings is 1. The van der Waals surface area contributed by atoms with Gasteiger partial charge in [0.2, 0.25) is 0 Å². The Morgan fingerprint density at radius 3 is 2.47 bits per heavy atom. The Kier molecular flexibility index (Phi) is 3.54. The fraction of sp³-hybridized carbons (Fsp3) is 0.231. The van der Waals surface area contributed by atoms with Crippen LogP contribution in [0.4, 0.5) is 8.78 Å². The molecule has 0 bridgehead atoms. The van der Waals surface area contributed by atoms with Gasteiger partial charge in [0.15, 0.2) is 0 Å². The number of hydrogen-bond acceptors (Lipinski definition) is 1. The smallest absolute Gasteiger partial charge is 0.126 e. The summed E-state index contributed by atoms with van der Waals surface area (Å²) < 4.78 is 27.9. The van der Waals surface area contributed by atoms with Crippen molar-refractivity contribution in [3.8, 4) is 0 Å². The molecule has 0 spiro atoms. The molecule has 0 amide bonds. The summed E-state index contributed by atoms with van der Waals surface area (Å²) in [5.74, 6) is -1.08. The molecule has 0 aliphatic rings. The first kappa shape index (κ1) is 11.8. The Hall–Kier alpha value is -1.68. The summed E-state index contributed by atoms with van der Waals surface area (Å²) in [7, 11) is 1.87. The molecular weight excluding hydrogens is 222 g/mol. The molecule has 4 heteroatoms. The van der Waals surface area contributed by atoms with E-state index in [1.165, 1.54) is 12.1 Å². The monoisotopic (exact) mass is 236 g/mol. The van der Waals surface area contributed by atoms with Crippen molar-refractivity contribution in [1.29, 1.82) is 0 Å². The zero-order valence-electron chi connectivity index (χ0n) is 9.58. The van der Waals surface area contributed by atoms with E-state index in [1.54, 1.807) is 0 Å². The number of halogens is 2. The number of nitrogens with zero attached hydrogens (tertiary/aromatic N) is 1. The summed E-state index contributed by atoms with van der Waals surface area (Å²) >= 11 is 0. The molecule has 0 saturated carbocycles. The number of rotatable bonds is 4. The van der Waals surface area contributed by atoms with Gasteiger partial charge in [-0.15, -0.1) is 0 Å². The largest absolute Gasteiger partial charge is 0.350 e. The quantitative estimate of drug-likeness (QED) is 0.863. The highest BCUT2D eigenvalue weighted by molar-refractivity contribution is 5.19. The van der Waals surface area contributed by atoms with Gasteiger partial charge in [0.1, 0.15) is 11.6 Å². The Morgan fingerprint density at radius 1 is 1.12 bits per heavy atom. The second-order valence-corrected chi connectivity index (χ2v) is 4.00. The minimum atomic E-state index is -0.539. The molecule has 17 heavy (non-hydrogen) atoms. The third-order valence-corrected chi connectivity index (χ3v) is 2.48. The standard InChI is InChI=1S/C13H14F2N2/c1-16-7-10-2-3-17(8-10)9-11-4-12(14)6-13(15)5-11/h2-6,8,16H,7,9H2,1H3. The van der Waals surface area contributed by atoms with Crippen LogP contribution in [0.1, 0.15) is 11.1 Å². The van der Waals surface area contributed by atoms with E-state index in [1.807, 2.05) is 30.1 Å². The Morgan fingerprint density at radius 2 is 1.82 bits per heavy atom. The molecule has 1 aromatic carbocycles. The predicted octanol–water partition coefficient (Wildman–Crippen LogP) is 2.53. The van der Waals surface area contributed by atoms with E-state index in [0.29, 0.717) is 12.1 Å². The van der Waals surface area contributed by atoms with Crippen molar-refractivity contribution in [2.24, 2.45) is 0 Å². The zero-order chi connectivity index (χ0) is 12.3. The predicted molar refractivity (Wildman–Crippen MR) is 62.7 cm³/mol. The average molecular weight is 236 g/mol. The molecule has 2 nitrogen and oxygen atoms in total. The van der Waals surface area contributed by atoms with E-state index in [2.05, 4.69) is 5.32 Å². The van der Waals surface area contributed by atoms with Gasteiger partial charge >= 0.3 is 0 Å². The molecule has 90 valence electrons. The fourth-order valence-electron chi connectivity index (χ4n) is 1.81. The molecule has 2 aromatic rings. The fourth-order valence-corrected chi connectivity index (χ4v) is 1.81. The van der Waals surface area contributed by atoms with Crippen LogP contribution < -0.4 is 5.32 Å². The van der Waals surface area contributed by atoms with Crippen molar-refractivity contribution in [3.63, 3.8) is 0 Å². The lowest BCUT2D eigenvalue weighted by atomic mass is 10.2. The molecule has 0 saturated heterocycles. The van der Waals surface area contributed by atoms with Crippen LogP contribution in [0, 0.1) is 11.6 Å². The van der Waals surface area contributed by atoms with E-state index in [0.717, 1.165) is 18.2 Å². The Bertz CT molecular complexity index is 486. The summed E-state index contributed by atoms with van der Waals surface area (Å²) in [6.07, 6.45) is 3.86. The maximum atomic E-state index is 13.0. The molecule has 2 rings (SSSR count). The number of nitrogens with one attached hydrogen (secondary N) is 1. The highest BCUT2D eigenvalue weighted by atomic mass is 19.1. The minimum Gasteiger partial charge on any atom is -0.350 e. The lowest BCUT2D eigenvalue weighted by molar-refractivity contribution is 0.577. The first-order valence-electron chi connectivity index (χ1n) is 5.41. The van der Waals surface area contributed by atoms with Gasteiger partial charge in [0.05, 0.1) is 0 Å². The van der Waals surface area contributed by atoms with Crippen LogP contribution in [0.15, 0.2) is 36.7 Å². The van der Waals surface area contributed by atoms with Crippen LogP contribution in [0.2, 0.25) is 0 Å². The van der Waals surface area contributed by atoms with Gasteiger partial charge in [-0.05, 0) is 36.4 Å². The van der Waals surface area contributed by atoms with Crippen molar-refractivity contribution in [2.75, 3.05) is 7.05 Å². The van der Waals surface area contributed by atoms with Gasteiger partial charge in [0.25, 0.3) is 0 Å². The first-order chi connectivity index (χ1) is 8.17. The summed E-state index contributed by atoms with van der Waals surface area (Å²) in [4.78, 5) is 0. The molecule has 0 unspecified atom stereocenters. The van der Waals surface area contributed by atoms with Crippen molar-refractivity contribution in [1.82, 2.24) is 9.88 Å². The van der Waals surface area contributed by atoms with E-state index >= 15 is 0 Å². The summed E-state index contributed by atoms with van der Waals surface area (Å²) in [5.41, 5.74) is 1.76. The lowest BCUT2D eigenvalue weighted by Crippen LogP contribution is -2.04. The van der Waals surface area contributed by atoms with Crippen molar-refractivity contribution in [3.05, 3.63) is 59.4 Å². The molecule has 1 heterocycles. The second kappa shape index (κ2) is 5.10. The van der Waals surface area contributed by atoms with Gasteiger partial charge in [0, 0.05) is 31.5 Å². The summed E-state index contributed by atoms with van der Waals surface area (Å²) in [6.45, 7) is 1.25. The van der Waals surface area contributed by atoms with Gasteiger partial charge < -0.3 is 9.88 Å². The topological polar surface area (TPSA) is 17.0 Å². The third kappa shape index (κ3) is 3.14. The van der Waals surface area contributed by atoms with E-state index in [9.17, 15) is 8.78 Å². The van der Waals surface area contributed by atoms with Crippen LogP contribution in [0.5, 0.6) is 0 Å². The maximum absolute atomic E-state index is 13.0. The number of hydrogen-bond donors (Lipinski definition) is 1. The van der Waals surface area contributed by atoms with Crippen molar-refractivity contribution in [2.45, 2.75) is 13.1 Å². The zero-order valence-corrected chi connectivity index (χ0v) is 9.58. The molecule has 0 aliphatic carbocycles. The Balaban J connectivity index is 2.13. The minimum absolute atomic E-state index is 0.471. The van der Waals surface area contributed by atoms with Crippen LogP contribution in [0.3, 0.4) is 0 Å². The van der Waals surface area contributed by atoms with Crippen LogP contribution in [-0.4, -0.2) is 11.6 Å². The molecule has 1 N–H and O–H groups in total. The van der Waals surface area contributed by atoms with Crippen molar-refractivity contribution >= 4 is 0 Å². The Labute approximate surface area is 98.9 Å².